The van der Waals surface area contributed by atoms with E-state index < -0.39 is 35.9 Å². The van der Waals surface area contributed by atoms with E-state index in [0.29, 0.717) is 77.9 Å². The highest BCUT2D eigenvalue weighted by atomic mass is 16.6. The molecule has 0 unspecified atom stereocenters. The molecular formula is C42H70N6O13. The van der Waals surface area contributed by atoms with Gasteiger partial charge >= 0.3 is 12.0 Å². The van der Waals surface area contributed by atoms with Gasteiger partial charge in [0.2, 0.25) is 17.7 Å². The van der Waals surface area contributed by atoms with Crippen LogP contribution in [0.5, 0.6) is 0 Å². The molecule has 346 valence electrons. The van der Waals surface area contributed by atoms with Gasteiger partial charge in [-0.3, -0.25) is 28.8 Å². The van der Waals surface area contributed by atoms with Crippen LogP contribution >= 0.6 is 0 Å². The van der Waals surface area contributed by atoms with Gasteiger partial charge in [0.05, 0.1) is 78.2 Å². The number of anilines is 1. The molecule has 0 spiro atoms. The van der Waals surface area contributed by atoms with Gasteiger partial charge in [-0.2, -0.15) is 0 Å². The number of urea groups is 1. The lowest BCUT2D eigenvalue weighted by Crippen LogP contribution is -2.45. The van der Waals surface area contributed by atoms with Crippen molar-refractivity contribution in [2.45, 2.75) is 97.8 Å². The number of ketones is 2. The summed E-state index contributed by atoms with van der Waals surface area (Å²) in [7, 11) is 0. The van der Waals surface area contributed by atoms with Gasteiger partial charge in [-0.1, -0.05) is 26.0 Å². The number of carbonyl (C=O) groups is 7. The summed E-state index contributed by atoms with van der Waals surface area (Å²) >= 11 is 0. The molecule has 0 radical (unpaired) electrons. The fourth-order valence-electron chi connectivity index (χ4n) is 5.55. The zero-order chi connectivity index (χ0) is 45.3. The molecule has 0 aromatic heterocycles. The maximum absolute atomic E-state index is 13.5. The van der Waals surface area contributed by atoms with Crippen LogP contribution < -0.4 is 32.7 Å². The summed E-state index contributed by atoms with van der Waals surface area (Å²) in [4.78, 5) is 84.8. The fourth-order valence-corrected chi connectivity index (χ4v) is 5.55. The van der Waals surface area contributed by atoms with Gasteiger partial charge < -0.3 is 61.2 Å². The topological polar surface area (TPSA) is 275 Å². The summed E-state index contributed by atoms with van der Waals surface area (Å²) in [5.74, 6) is -2.58. The first-order valence-corrected chi connectivity index (χ1v) is 21.0. The summed E-state index contributed by atoms with van der Waals surface area (Å²) in [6.07, 6.45) is 2.97. The average molecular weight is 867 g/mol. The number of nitrogens with two attached hydrogens (primary N) is 2. The standard InChI is InChI=1S/C42H70N6O13/c1-30(2)40(37(51)28-34(8-7-17-46-42(44)55)41(54)47-35-12-10-33(11-13-35)29-61-32(4)50)48-39(53)15-19-57-21-23-59-25-27-60-26-24-58-22-20-56-18-14-38(52)45-16-6-5-9-36(43)31(3)49/h10-13,30,34,36,40H,5-9,14-29,43H2,1-4H3,(H,45,52)(H,47,54)(H,48,53)(H3,44,46,55)/t34-,36+,40+/m1/s1. The van der Waals surface area contributed by atoms with Crippen molar-refractivity contribution in [1.29, 1.82) is 0 Å². The summed E-state index contributed by atoms with van der Waals surface area (Å²) in [5, 5.41) is 10.9. The van der Waals surface area contributed by atoms with Gasteiger partial charge in [0.25, 0.3) is 0 Å². The Morgan fingerprint density at radius 3 is 1.69 bits per heavy atom. The van der Waals surface area contributed by atoms with Crippen molar-refractivity contribution in [3.05, 3.63) is 29.8 Å². The largest absolute Gasteiger partial charge is 0.461 e. The Kier molecular flexibility index (Phi) is 30.5. The van der Waals surface area contributed by atoms with E-state index in [1.807, 2.05) is 13.8 Å². The summed E-state index contributed by atoms with van der Waals surface area (Å²) in [6, 6.07) is 4.81. The minimum absolute atomic E-state index is 0.0250. The molecule has 0 aliphatic rings. The van der Waals surface area contributed by atoms with E-state index in [0.717, 1.165) is 18.4 Å². The lowest BCUT2D eigenvalue weighted by molar-refractivity contribution is -0.142. The Labute approximate surface area is 359 Å². The molecule has 0 saturated carbocycles. The van der Waals surface area contributed by atoms with Crippen molar-refractivity contribution < 1.29 is 62.0 Å². The summed E-state index contributed by atoms with van der Waals surface area (Å²) in [6.45, 7) is 10.5. The fraction of sp³-hybridized carbons (Fsp3) is 0.690. The minimum atomic E-state index is -0.827. The molecule has 0 bridgehead atoms. The molecule has 8 N–H and O–H groups in total. The van der Waals surface area contributed by atoms with Crippen LogP contribution in [0, 0.1) is 11.8 Å². The van der Waals surface area contributed by atoms with E-state index in [4.69, 9.17) is 39.9 Å². The van der Waals surface area contributed by atoms with Crippen LogP contribution in [0.4, 0.5) is 10.5 Å². The molecule has 0 aliphatic heterocycles. The molecule has 19 nitrogen and oxygen atoms in total. The molecular weight excluding hydrogens is 796 g/mol. The molecule has 3 atom stereocenters. The number of hydrogen-bond donors (Lipinski definition) is 6. The number of esters is 1. The summed E-state index contributed by atoms with van der Waals surface area (Å²) < 4.78 is 32.4. The van der Waals surface area contributed by atoms with E-state index in [1.54, 1.807) is 24.3 Å². The number of amides is 5. The second kappa shape index (κ2) is 34.1. The smallest absolute Gasteiger partial charge is 0.312 e. The van der Waals surface area contributed by atoms with Crippen molar-refractivity contribution in [2.24, 2.45) is 23.3 Å². The number of hydrogen-bond acceptors (Lipinski definition) is 14. The molecule has 0 heterocycles. The molecule has 61 heavy (non-hydrogen) atoms. The van der Waals surface area contributed by atoms with Gasteiger partial charge in [-0.25, -0.2) is 4.79 Å². The van der Waals surface area contributed by atoms with Crippen molar-refractivity contribution in [2.75, 3.05) is 84.5 Å². The van der Waals surface area contributed by atoms with Crippen LogP contribution in [0.15, 0.2) is 24.3 Å². The number of unbranched alkanes of at least 4 members (excludes halogenated alkanes) is 1. The number of benzene rings is 1. The van der Waals surface area contributed by atoms with Crippen molar-refractivity contribution in [1.82, 2.24) is 16.0 Å². The Morgan fingerprint density at radius 2 is 1.18 bits per heavy atom. The zero-order valence-electron chi connectivity index (χ0n) is 36.4. The van der Waals surface area contributed by atoms with Crippen LogP contribution in [0.1, 0.15) is 84.6 Å². The number of rotatable bonds is 37. The Morgan fingerprint density at radius 1 is 0.656 bits per heavy atom. The molecule has 19 heteroatoms. The van der Waals surface area contributed by atoms with E-state index in [2.05, 4.69) is 21.3 Å². The van der Waals surface area contributed by atoms with Gasteiger partial charge in [0.1, 0.15) is 12.4 Å². The highest BCUT2D eigenvalue weighted by Crippen LogP contribution is 2.19. The van der Waals surface area contributed by atoms with Gasteiger partial charge in [-0.05, 0) is 62.6 Å². The monoisotopic (exact) mass is 867 g/mol. The lowest BCUT2D eigenvalue weighted by Gasteiger charge is -2.24. The maximum Gasteiger partial charge on any atom is 0.312 e. The molecule has 0 aliphatic carbocycles. The Bertz CT molecular complexity index is 1450. The molecule has 5 amide bonds. The SMILES string of the molecule is CC(=O)OCc1ccc(NC(=O)[C@H](CCCNC(N)=O)CC(=O)[C@@H](NC(=O)CCOCCOCCOCCOCCOCCC(=O)NCCCC[C@H](N)C(C)=O)C(C)C)cc1. The zero-order valence-corrected chi connectivity index (χ0v) is 36.4. The third-order valence-electron chi connectivity index (χ3n) is 9.06. The van der Waals surface area contributed by atoms with Crippen LogP contribution in [0.3, 0.4) is 0 Å². The number of primary amides is 1. The lowest BCUT2D eigenvalue weighted by atomic mass is 9.89. The second-order valence-corrected chi connectivity index (χ2v) is 14.7. The molecule has 0 saturated heterocycles. The highest BCUT2D eigenvalue weighted by molar-refractivity contribution is 5.97. The molecule has 1 aromatic carbocycles. The first kappa shape index (κ1) is 54.5. The Balaban J connectivity index is 2.23. The quantitative estimate of drug-likeness (QED) is 0.0412. The normalized spacial score (nSPS) is 12.6. The van der Waals surface area contributed by atoms with Crippen LogP contribution in [-0.4, -0.2) is 133 Å². The van der Waals surface area contributed by atoms with Gasteiger partial charge in [-0.15, -0.1) is 0 Å². The third-order valence-corrected chi connectivity index (χ3v) is 9.06. The molecule has 0 fully saturated rings. The number of nitrogens with one attached hydrogen (secondary N) is 4. The van der Waals surface area contributed by atoms with Crippen molar-refractivity contribution >= 4 is 47.0 Å². The highest BCUT2D eigenvalue weighted by Gasteiger charge is 2.29. The van der Waals surface area contributed by atoms with Crippen LogP contribution in [-0.2, 0) is 63.8 Å². The number of Topliss-reactive ketones (excluding diaryl/α,β-unsaturated/α-hetero) is 2. The first-order chi connectivity index (χ1) is 29.2. The third kappa shape index (κ3) is 29.4. The number of carbonyl (C=O) groups excluding carboxylic acids is 7. The molecule has 1 rings (SSSR count). The van der Waals surface area contributed by atoms with E-state index in [1.165, 1.54) is 13.8 Å². The van der Waals surface area contributed by atoms with Crippen molar-refractivity contribution in [3.8, 4) is 0 Å². The van der Waals surface area contributed by atoms with E-state index >= 15 is 0 Å². The predicted octanol–water partition coefficient (Wildman–Crippen LogP) is 1.92. The van der Waals surface area contributed by atoms with Gasteiger partial charge in [0, 0.05) is 50.9 Å². The second-order valence-electron chi connectivity index (χ2n) is 14.7. The summed E-state index contributed by atoms with van der Waals surface area (Å²) in [5.41, 5.74) is 12.1. The van der Waals surface area contributed by atoms with Gasteiger partial charge in [0.15, 0.2) is 5.78 Å². The maximum atomic E-state index is 13.5. The molecule has 1 aromatic rings. The predicted molar refractivity (Wildman–Crippen MR) is 226 cm³/mol. The Hall–Kier alpha value is -4.53. The number of ether oxygens (including phenoxy) is 6. The van der Waals surface area contributed by atoms with Crippen LogP contribution in [0.2, 0.25) is 0 Å². The van der Waals surface area contributed by atoms with Crippen LogP contribution in [0.25, 0.3) is 0 Å². The minimum Gasteiger partial charge on any atom is -0.461 e. The van der Waals surface area contributed by atoms with E-state index in [-0.39, 0.29) is 81.3 Å². The average Bonchev–Trinajstić information content (AvgIpc) is 3.21. The van der Waals surface area contributed by atoms with E-state index in [9.17, 15) is 33.6 Å². The van der Waals surface area contributed by atoms with Crippen molar-refractivity contribution in [3.63, 3.8) is 0 Å². The first-order valence-electron chi connectivity index (χ1n) is 21.0.